The first-order chi connectivity index (χ1) is 11.7. The molecule has 0 fully saturated rings. The molecule has 3 rings (SSSR count). The van der Waals surface area contributed by atoms with Crippen LogP contribution in [0.5, 0.6) is 10.1 Å². The summed E-state index contributed by atoms with van der Waals surface area (Å²) in [6.07, 6.45) is 4.98. The molecule has 132 valence electrons. The fraction of sp³-hybridized carbons (Fsp3) is 0.529. The lowest BCUT2D eigenvalue weighted by atomic mass is 10.3. The van der Waals surface area contributed by atoms with Crippen molar-refractivity contribution in [2.75, 3.05) is 13.2 Å². The molecule has 0 radical (unpaired) electrons. The summed E-state index contributed by atoms with van der Waals surface area (Å²) >= 11 is 3.69. The van der Waals surface area contributed by atoms with Gasteiger partial charge in [0.15, 0.2) is 11.6 Å². The van der Waals surface area contributed by atoms with E-state index in [1.807, 2.05) is 0 Å². The normalized spacial score (nSPS) is 11.7. The fourth-order valence-corrected chi connectivity index (χ4v) is 6.11. The van der Waals surface area contributed by atoms with Crippen LogP contribution in [0.3, 0.4) is 0 Å². The first-order valence-corrected chi connectivity index (χ1v) is 10.7. The van der Waals surface area contributed by atoms with Crippen LogP contribution in [0.4, 0.5) is 8.78 Å². The van der Waals surface area contributed by atoms with Crippen LogP contribution in [0.1, 0.15) is 46.0 Å². The van der Waals surface area contributed by atoms with E-state index in [2.05, 4.69) is 13.8 Å². The zero-order valence-corrected chi connectivity index (χ0v) is 16.2. The minimum atomic E-state index is -0.357. The molecule has 0 spiro atoms. The molecule has 3 aromatic heterocycles. The average Bonchev–Trinajstić information content (AvgIpc) is 3.17. The van der Waals surface area contributed by atoms with Crippen molar-refractivity contribution in [3.8, 4) is 10.1 Å². The van der Waals surface area contributed by atoms with Crippen LogP contribution in [0.25, 0.3) is 18.8 Å². The lowest BCUT2D eigenvalue weighted by molar-refractivity contribution is 0.302. The quantitative estimate of drug-likeness (QED) is 0.360. The summed E-state index contributed by atoms with van der Waals surface area (Å²) in [6, 6.07) is 0. The molecule has 2 nitrogen and oxygen atoms in total. The largest absolute Gasteiger partial charge is 0.482 e. The number of hydrogen-bond donors (Lipinski definition) is 0. The second kappa shape index (κ2) is 7.97. The van der Waals surface area contributed by atoms with Crippen LogP contribution in [-0.2, 0) is 0 Å². The molecule has 24 heavy (non-hydrogen) atoms. The van der Waals surface area contributed by atoms with Crippen molar-refractivity contribution >= 4 is 52.8 Å². The third kappa shape index (κ3) is 3.39. The lowest BCUT2D eigenvalue weighted by Gasteiger charge is -2.02. The number of ether oxygens (including phenoxy) is 2. The first kappa shape index (κ1) is 17.9. The van der Waals surface area contributed by atoms with Gasteiger partial charge in [-0.1, -0.05) is 55.8 Å². The average molecular weight is 391 g/mol. The Hall–Kier alpha value is -0.920. The maximum Gasteiger partial charge on any atom is 0.212 e. The van der Waals surface area contributed by atoms with Gasteiger partial charge in [-0.25, -0.2) is 8.78 Å². The highest BCUT2D eigenvalue weighted by atomic mass is 32.1. The molecule has 0 aliphatic rings. The van der Waals surface area contributed by atoms with Crippen molar-refractivity contribution in [3.05, 3.63) is 11.6 Å². The minimum Gasteiger partial charge on any atom is -0.482 e. The highest BCUT2D eigenvalue weighted by Crippen LogP contribution is 2.51. The Morgan fingerprint density at radius 1 is 0.667 bits per heavy atom. The predicted molar refractivity (Wildman–Crippen MR) is 100 cm³/mol. The van der Waals surface area contributed by atoms with Gasteiger partial charge in [-0.3, -0.25) is 0 Å². The molecular weight excluding hydrogens is 370 g/mol. The standard InChI is InChI=1S/C17H20F2O2S3/c1-3-5-7-9-21-17-11(19)13-15(24-17)14-12(22-13)10(18)16(23-14)20-8-6-4-2/h3-9H2,1-2H3. The summed E-state index contributed by atoms with van der Waals surface area (Å²) in [5, 5.41) is 0.627. The molecule has 3 aromatic rings. The summed E-state index contributed by atoms with van der Waals surface area (Å²) in [6.45, 7) is 5.21. The van der Waals surface area contributed by atoms with Gasteiger partial charge in [0.25, 0.3) is 0 Å². The topological polar surface area (TPSA) is 18.5 Å². The smallest absolute Gasteiger partial charge is 0.212 e. The summed E-state index contributed by atoms with van der Waals surface area (Å²) in [5.41, 5.74) is 0. The van der Waals surface area contributed by atoms with E-state index in [9.17, 15) is 8.78 Å². The molecule has 0 atom stereocenters. The molecule has 0 aromatic carbocycles. The van der Waals surface area contributed by atoms with Gasteiger partial charge in [-0.2, -0.15) is 0 Å². The molecule has 0 aliphatic carbocycles. The summed E-state index contributed by atoms with van der Waals surface area (Å²) in [7, 11) is 0. The second-order valence-corrected chi connectivity index (χ2v) is 8.57. The van der Waals surface area contributed by atoms with E-state index in [1.54, 1.807) is 0 Å². The molecule has 0 bridgehead atoms. The van der Waals surface area contributed by atoms with Gasteiger partial charge in [-0.15, -0.1) is 11.3 Å². The van der Waals surface area contributed by atoms with Crippen molar-refractivity contribution in [2.45, 2.75) is 46.0 Å². The van der Waals surface area contributed by atoms with Crippen molar-refractivity contribution in [2.24, 2.45) is 0 Å². The van der Waals surface area contributed by atoms with E-state index in [1.165, 1.54) is 22.7 Å². The maximum absolute atomic E-state index is 14.5. The van der Waals surface area contributed by atoms with E-state index >= 15 is 0 Å². The molecule has 7 heteroatoms. The van der Waals surface area contributed by atoms with Crippen molar-refractivity contribution < 1.29 is 18.3 Å². The molecule has 3 heterocycles. The molecule has 0 aliphatic heterocycles. The molecule has 0 unspecified atom stereocenters. The van der Waals surface area contributed by atoms with Gasteiger partial charge in [0, 0.05) is 0 Å². The number of hydrogen-bond acceptors (Lipinski definition) is 5. The first-order valence-electron chi connectivity index (χ1n) is 8.25. The van der Waals surface area contributed by atoms with Gasteiger partial charge in [0.1, 0.15) is 0 Å². The monoisotopic (exact) mass is 390 g/mol. The van der Waals surface area contributed by atoms with E-state index in [-0.39, 0.29) is 11.6 Å². The summed E-state index contributed by atoms with van der Waals surface area (Å²) < 4.78 is 42.5. The van der Waals surface area contributed by atoms with E-state index in [0.29, 0.717) is 32.7 Å². The number of unbranched alkanes of at least 4 members (excludes halogenated alkanes) is 3. The predicted octanol–water partition coefficient (Wildman–Crippen LogP) is 7.20. The molecular formula is C17H20F2O2S3. The minimum absolute atomic E-state index is 0.311. The van der Waals surface area contributed by atoms with Gasteiger partial charge in [0.05, 0.1) is 32.0 Å². The Morgan fingerprint density at radius 2 is 1.17 bits per heavy atom. The van der Waals surface area contributed by atoms with Crippen LogP contribution < -0.4 is 9.47 Å². The number of thiophene rings is 3. The Balaban J connectivity index is 1.85. The van der Waals surface area contributed by atoms with Crippen LogP contribution in [0, 0.1) is 11.6 Å². The van der Waals surface area contributed by atoms with E-state index < -0.39 is 0 Å². The highest BCUT2D eigenvalue weighted by molar-refractivity contribution is 7.39. The third-order valence-corrected chi connectivity index (χ3v) is 7.43. The molecule has 0 saturated heterocycles. The van der Waals surface area contributed by atoms with Crippen molar-refractivity contribution in [3.63, 3.8) is 0 Å². The fourth-order valence-electron chi connectivity index (χ4n) is 2.35. The van der Waals surface area contributed by atoms with Crippen LogP contribution in [-0.4, -0.2) is 13.2 Å². The SMILES string of the molecule is CCCCCOc1sc2c(sc3c(F)c(OCCCC)sc32)c1F. The molecule has 0 amide bonds. The molecule has 0 saturated carbocycles. The third-order valence-electron chi connectivity index (χ3n) is 3.68. The van der Waals surface area contributed by atoms with Crippen LogP contribution >= 0.6 is 34.0 Å². The van der Waals surface area contributed by atoms with Crippen LogP contribution in [0.15, 0.2) is 0 Å². The number of halogens is 2. The van der Waals surface area contributed by atoms with Crippen LogP contribution in [0.2, 0.25) is 0 Å². The Morgan fingerprint density at radius 3 is 1.67 bits per heavy atom. The van der Waals surface area contributed by atoms with E-state index in [4.69, 9.17) is 9.47 Å². The highest BCUT2D eigenvalue weighted by Gasteiger charge is 2.24. The van der Waals surface area contributed by atoms with Gasteiger partial charge >= 0.3 is 0 Å². The van der Waals surface area contributed by atoms with Gasteiger partial charge in [0.2, 0.25) is 10.1 Å². The number of rotatable bonds is 9. The molecule has 0 N–H and O–H groups in total. The summed E-state index contributed by atoms with van der Waals surface area (Å²) in [5.74, 6) is -0.711. The zero-order valence-electron chi connectivity index (χ0n) is 13.7. The second-order valence-electron chi connectivity index (χ2n) is 5.58. The zero-order chi connectivity index (χ0) is 17.1. The summed E-state index contributed by atoms with van der Waals surface area (Å²) in [4.78, 5) is 0. The lowest BCUT2D eigenvalue weighted by Crippen LogP contribution is -1.96. The van der Waals surface area contributed by atoms with Crippen molar-refractivity contribution in [1.29, 1.82) is 0 Å². The number of fused-ring (bicyclic) bond motifs is 3. The van der Waals surface area contributed by atoms with Crippen molar-refractivity contribution in [1.82, 2.24) is 0 Å². The van der Waals surface area contributed by atoms with Gasteiger partial charge < -0.3 is 9.47 Å². The Labute approximate surface area is 152 Å². The van der Waals surface area contributed by atoms with E-state index in [0.717, 1.165) is 52.8 Å². The van der Waals surface area contributed by atoms with Gasteiger partial charge in [-0.05, 0) is 12.8 Å². The Kier molecular flexibility index (Phi) is 5.94. The Bertz CT molecular complexity index is 819. The maximum atomic E-state index is 14.5.